The number of piperidine rings is 1. The number of pyridine rings is 1. The van der Waals surface area contributed by atoms with Gasteiger partial charge in [0, 0.05) is 44.6 Å². The molecule has 1 saturated carbocycles. The van der Waals surface area contributed by atoms with Gasteiger partial charge in [-0.2, -0.15) is 0 Å². The number of likely N-dealkylation sites (tertiary alicyclic amines) is 1. The second-order valence-corrected chi connectivity index (χ2v) is 7.73. The van der Waals surface area contributed by atoms with Crippen molar-refractivity contribution in [2.24, 2.45) is 5.92 Å². The minimum Gasteiger partial charge on any atom is -0.379 e. The topological polar surface area (TPSA) is 63.7 Å². The van der Waals surface area contributed by atoms with E-state index >= 15 is 0 Å². The van der Waals surface area contributed by atoms with Crippen LogP contribution in [0.25, 0.3) is 0 Å². The summed E-state index contributed by atoms with van der Waals surface area (Å²) in [5, 5.41) is 3.79. The third kappa shape index (κ3) is 4.61. The SMILES string of the molecule is O=C(c1ccccn1)N1CCC(N[C@@H]2CCOC[C@H]2OCC2CC2)CC1. The standard InChI is InChI=1S/C20H29N3O3/c24-20(18-3-1-2-9-21-18)23-10-6-16(7-11-23)22-17-8-12-25-14-19(17)26-13-15-4-5-15/h1-3,9,15-17,19,22H,4-8,10-14H2/t17-,19-/m1/s1. The van der Waals surface area contributed by atoms with Crippen molar-refractivity contribution in [2.45, 2.75) is 50.3 Å². The molecule has 1 aromatic rings. The summed E-state index contributed by atoms with van der Waals surface area (Å²) >= 11 is 0. The van der Waals surface area contributed by atoms with E-state index in [0.717, 1.165) is 51.5 Å². The molecule has 3 heterocycles. The summed E-state index contributed by atoms with van der Waals surface area (Å²) in [6.07, 6.45) is 7.42. The number of amides is 1. The van der Waals surface area contributed by atoms with Crippen LogP contribution in [-0.4, -0.2) is 66.9 Å². The number of carbonyl (C=O) groups is 1. The fourth-order valence-electron chi connectivity index (χ4n) is 3.81. The molecule has 3 fully saturated rings. The molecule has 6 heteroatoms. The summed E-state index contributed by atoms with van der Waals surface area (Å²) in [5.74, 6) is 0.819. The smallest absolute Gasteiger partial charge is 0.272 e. The summed E-state index contributed by atoms with van der Waals surface area (Å²) in [7, 11) is 0. The highest BCUT2D eigenvalue weighted by Gasteiger charge is 2.32. The molecular weight excluding hydrogens is 330 g/mol. The molecular formula is C20H29N3O3. The summed E-state index contributed by atoms with van der Waals surface area (Å²) in [6, 6.07) is 6.30. The fourth-order valence-corrected chi connectivity index (χ4v) is 3.81. The van der Waals surface area contributed by atoms with Gasteiger partial charge in [0.05, 0.1) is 12.7 Å². The minimum absolute atomic E-state index is 0.0424. The third-order valence-corrected chi connectivity index (χ3v) is 5.66. The average molecular weight is 359 g/mol. The van der Waals surface area contributed by atoms with Crippen molar-refractivity contribution in [3.63, 3.8) is 0 Å². The molecule has 4 rings (SSSR count). The van der Waals surface area contributed by atoms with Crippen LogP contribution in [0.2, 0.25) is 0 Å². The summed E-state index contributed by atoms with van der Waals surface area (Å²) in [4.78, 5) is 18.6. The Balaban J connectivity index is 1.25. The van der Waals surface area contributed by atoms with Gasteiger partial charge in [-0.1, -0.05) is 6.07 Å². The van der Waals surface area contributed by atoms with E-state index in [9.17, 15) is 4.79 Å². The highest BCUT2D eigenvalue weighted by molar-refractivity contribution is 5.92. The van der Waals surface area contributed by atoms with Crippen LogP contribution in [0.3, 0.4) is 0 Å². The summed E-state index contributed by atoms with van der Waals surface area (Å²) in [5.41, 5.74) is 0.539. The number of nitrogens with zero attached hydrogens (tertiary/aromatic N) is 2. The Kier molecular flexibility index (Phi) is 5.82. The van der Waals surface area contributed by atoms with Crippen LogP contribution in [0.5, 0.6) is 0 Å². The Hall–Kier alpha value is -1.50. The summed E-state index contributed by atoms with van der Waals surface area (Å²) < 4.78 is 11.7. The van der Waals surface area contributed by atoms with Crippen molar-refractivity contribution >= 4 is 5.91 Å². The lowest BCUT2D eigenvalue weighted by atomic mass is 9.99. The van der Waals surface area contributed by atoms with Crippen molar-refractivity contribution in [3.05, 3.63) is 30.1 Å². The number of hydrogen-bond acceptors (Lipinski definition) is 5. The van der Waals surface area contributed by atoms with Gasteiger partial charge in [0.2, 0.25) is 0 Å². The molecule has 0 unspecified atom stereocenters. The molecule has 0 aromatic carbocycles. The lowest BCUT2D eigenvalue weighted by Gasteiger charge is -2.38. The van der Waals surface area contributed by atoms with Gasteiger partial charge in [-0.05, 0) is 50.2 Å². The van der Waals surface area contributed by atoms with Crippen LogP contribution in [0, 0.1) is 5.92 Å². The normalized spacial score (nSPS) is 27.5. The number of aromatic nitrogens is 1. The van der Waals surface area contributed by atoms with E-state index in [1.807, 2.05) is 17.0 Å². The van der Waals surface area contributed by atoms with E-state index in [1.165, 1.54) is 12.8 Å². The molecule has 26 heavy (non-hydrogen) atoms. The van der Waals surface area contributed by atoms with Crippen LogP contribution in [-0.2, 0) is 9.47 Å². The van der Waals surface area contributed by atoms with Gasteiger partial charge < -0.3 is 19.7 Å². The molecule has 2 atom stereocenters. The van der Waals surface area contributed by atoms with Crippen molar-refractivity contribution in [1.29, 1.82) is 0 Å². The highest BCUT2D eigenvalue weighted by Crippen LogP contribution is 2.30. The van der Waals surface area contributed by atoms with Gasteiger partial charge in [0.1, 0.15) is 5.69 Å². The zero-order valence-corrected chi connectivity index (χ0v) is 15.3. The van der Waals surface area contributed by atoms with Crippen LogP contribution >= 0.6 is 0 Å². The van der Waals surface area contributed by atoms with Crippen molar-refractivity contribution in [3.8, 4) is 0 Å². The Labute approximate surface area is 155 Å². The molecule has 2 aliphatic heterocycles. The van der Waals surface area contributed by atoms with E-state index in [2.05, 4.69) is 10.3 Å². The quantitative estimate of drug-likeness (QED) is 0.840. The largest absolute Gasteiger partial charge is 0.379 e. The van der Waals surface area contributed by atoms with Gasteiger partial charge in [0.25, 0.3) is 5.91 Å². The first-order chi connectivity index (χ1) is 12.8. The molecule has 0 radical (unpaired) electrons. The van der Waals surface area contributed by atoms with Gasteiger partial charge in [0.15, 0.2) is 0 Å². The number of carbonyl (C=O) groups excluding carboxylic acids is 1. The number of hydrogen-bond donors (Lipinski definition) is 1. The van der Waals surface area contributed by atoms with Crippen molar-refractivity contribution in [2.75, 3.05) is 32.9 Å². The van der Waals surface area contributed by atoms with Crippen LogP contribution in [0.4, 0.5) is 0 Å². The minimum atomic E-state index is 0.0424. The Bertz CT molecular complexity index is 585. The molecule has 3 aliphatic rings. The molecule has 6 nitrogen and oxygen atoms in total. The second kappa shape index (κ2) is 8.46. The van der Waals surface area contributed by atoms with E-state index in [-0.39, 0.29) is 12.0 Å². The predicted molar refractivity (Wildman–Crippen MR) is 98.0 cm³/mol. The first-order valence-corrected chi connectivity index (χ1v) is 9.95. The first kappa shape index (κ1) is 17.9. The lowest BCUT2D eigenvalue weighted by molar-refractivity contribution is -0.0746. The molecule has 1 amide bonds. The van der Waals surface area contributed by atoms with E-state index < -0.39 is 0 Å². The Morgan fingerprint density at radius 3 is 2.81 bits per heavy atom. The molecule has 2 saturated heterocycles. The van der Waals surface area contributed by atoms with Crippen molar-refractivity contribution < 1.29 is 14.3 Å². The third-order valence-electron chi connectivity index (χ3n) is 5.66. The molecule has 1 aliphatic carbocycles. The fraction of sp³-hybridized carbons (Fsp3) is 0.700. The van der Waals surface area contributed by atoms with Crippen LogP contribution < -0.4 is 5.32 Å². The van der Waals surface area contributed by atoms with E-state index in [1.54, 1.807) is 12.3 Å². The molecule has 1 N–H and O–H groups in total. The van der Waals surface area contributed by atoms with Crippen LogP contribution in [0.1, 0.15) is 42.6 Å². The highest BCUT2D eigenvalue weighted by atomic mass is 16.5. The number of ether oxygens (including phenoxy) is 2. The summed E-state index contributed by atoms with van der Waals surface area (Å²) in [6.45, 7) is 3.94. The molecule has 0 spiro atoms. The van der Waals surface area contributed by atoms with Gasteiger partial charge >= 0.3 is 0 Å². The maximum atomic E-state index is 12.5. The molecule has 0 bridgehead atoms. The lowest BCUT2D eigenvalue weighted by Crippen LogP contribution is -2.54. The molecule has 1 aromatic heterocycles. The zero-order chi connectivity index (χ0) is 17.8. The number of nitrogens with one attached hydrogen (secondary N) is 1. The zero-order valence-electron chi connectivity index (χ0n) is 15.3. The van der Waals surface area contributed by atoms with Gasteiger partial charge in [-0.25, -0.2) is 0 Å². The van der Waals surface area contributed by atoms with E-state index in [0.29, 0.717) is 24.4 Å². The predicted octanol–water partition coefficient (Wildman–Crippen LogP) is 1.86. The average Bonchev–Trinajstić information content (AvgIpc) is 3.53. The maximum Gasteiger partial charge on any atom is 0.272 e. The number of rotatable bonds is 6. The van der Waals surface area contributed by atoms with Gasteiger partial charge in [-0.3, -0.25) is 9.78 Å². The monoisotopic (exact) mass is 359 g/mol. The molecule has 142 valence electrons. The van der Waals surface area contributed by atoms with Gasteiger partial charge in [-0.15, -0.1) is 0 Å². The van der Waals surface area contributed by atoms with Crippen LogP contribution in [0.15, 0.2) is 24.4 Å². The van der Waals surface area contributed by atoms with Crippen molar-refractivity contribution in [1.82, 2.24) is 15.2 Å². The second-order valence-electron chi connectivity index (χ2n) is 7.73. The Morgan fingerprint density at radius 2 is 2.08 bits per heavy atom. The first-order valence-electron chi connectivity index (χ1n) is 9.95. The Morgan fingerprint density at radius 1 is 1.23 bits per heavy atom. The maximum absolute atomic E-state index is 12.5. The van der Waals surface area contributed by atoms with E-state index in [4.69, 9.17) is 9.47 Å².